The maximum atomic E-state index is 5.69. The maximum Gasteiger partial charge on any atom is 0.132 e. The lowest BCUT2D eigenvalue weighted by molar-refractivity contribution is 0.316. The molecule has 0 saturated heterocycles. The Hall–Kier alpha value is -0.730. The van der Waals surface area contributed by atoms with E-state index in [1.54, 1.807) is 0 Å². The number of anilines is 1. The van der Waals surface area contributed by atoms with Crippen LogP contribution in [0.5, 0.6) is 0 Å². The molecule has 1 rings (SSSR count). The van der Waals surface area contributed by atoms with E-state index in [4.69, 9.17) is 5.73 Å². The normalized spacial score (nSPS) is 10.9. The Morgan fingerprint density at radius 2 is 1.33 bits per heavy atom. The third-order valence-corrected chi connectivity index (χ3v) is 3.26. The second kappa shape index (κ2) is 5.99. The molecule has 0 amide bonds. The lowest BCUT2D eigenvalue weighted by atomic mass is 10.2. The second-order valence-electron chi connectivity index (χ2n) is 3.69. The summed E-state index contributed by atoms with van der Waals surface area (Å²) in [7, 11) is 0. The molecule has 0 aromatic heterocycles. The van der Waals surface area contributed by atoms with Gasteiger partial charge in [-0.2, -0.15) is 0 Å². The molecule has 3 heteroatoms. The zero-order valence-electron chi connectivity index (χ0n) is 9.86. The molecule has 0 spiro atoms. The number of benzene rings is 1. The SMILES string of the molecule is CC[N+](CC)(CC)c1ccc(N)cc1.Cl. The summed E-state index contributed by atoms with van der Waals surface area (Å²) >= 11 is 0. The first-order valence-electron chi connectivity index (χ1n) is 5.40. The minimum absolute atomic E-state index is 0. The number of nitrogens with zero attached hydrogens (tertiary/aromatic N) is 1. The van der Waals surface area contributed by atoms with Crippen LogP contribution in [0.25, 0.3) is 0 Å². The van der Waals surface area contributed by atoms with Crippen LogP contribution in [0.3, 0.4) is 0 Å². The number of quaternary nitrogens is 1. The molecule has 0 bridgehead atoms. The van der Waals surface area contributed by atoms with Crippen molar-refractivity contribution in [3.8, 4) is 0 Å². The van der Waals surface area contributed by atoms with Crippen LogP contribution in [-0.2, 0) is 0 Å². The number of halogens is 1. The van der Waals surface area contributed by atoms with Crippen molar-refractivity contribution in [3.05, 3.63) is 24.3 Å². The number of nitrogens with two attached hydrogens (primary N) is 1. The lowest BCUT2D eigenvalue weighted by Crippen LogP contribution is -2.48. The summed E-state index contributed by atoms with van der Waals surface area (Å²) in [6, 6.07) is 8.27. The molecule has 0 aliphatic heterocycles. The highest BCUT2D eigenvalue weighted by atomic mass is 35.5. The highest BCUT2D eigenvalue weighted by Gasteiger charge is 2.23. The van der Waals surface area contributed by atoms with Crippen molar-refractivity contribution < 1.29 is 0 Å². The molecule has 0 aliphatic carbocycles. The highest BCUT2D eigenvalue weighted by molar-refractivity contribution is 5.85. The molecule has 0 atom stereocenters. The van der Waals surface area contributed by atoms with Gasteiger partial charge < -0.3 is 5.73 Å². The van der Waals surface area contributed by atoms with Crippen LogP contribution in [0.2, 0.25) is 0 Å². The van der Waals surface area contributed by atoms with E-state index in [0.29, 0.717) is 0 Å². The van der Waals surface area contributed by atoms with Crippen LogP contribution in [0, 0.1) is 0 Å². The molecule has 1 aromatic carbocycles. The van der Waals surface area contributed by atoms with Crippen LogP contribution in [0.4, 0.5) is 11.4 Å². The third-order valence-electron chi connectivity index (χ3n) is 3.26. The minimum atomic E-state index is 0. The number of rotatable bonds is 4. The molecular formula is C12H22ClN2+. The largest absolute Gasteiger partial charge is 0.399 e. The quantitative estimate of drug-likeness (QED) is 0.623. The average Bonchev–Trinajstić information content (AvgIpc) is 2.24. The zero-order valence-corrected chi connectivity index (χ0v) is 10.7. The van der Waals surface area contributed by atoms with Crippen molar-refractivity contribution in [1.29, 1.82) is 0 Å². The van der Waals surface area contributed by atoms with E-state index in [-0.39, 0.29) is 12.4 Å². The number of hydrogen-bond acceptors (Lipinski definition) is 1. The Bertz CT molecular complexity index is 270. The van der Waals surface area contributed by atoms with Gasteiger partial charge in [-0.1, -0.05) is 0 Å². The fraction of sp³-hybridized carbons (Fsp3) is 0.500. The maximum absolute atomic E-state index is 5.69. The van der Waals surface area contributed by atoms with Crippen LogP contribution < -0.4 is 10.2 Å². The van der Waals surface area contributed by atoms with Crippen molar-refractivity contribution in [2.75, 3.05) is 25.4 Å². The molecule has 0 radical (unpaired) electrons. The standard InChI is InChI=1S/C12H21N2.ClH/c1-4-14(5-2,6-3)12-9-7-11(13)8-10-12;/h7-10H,4-6,13H2,1-3H3;1H/q+1;. The van der Waals surface area contributed by atoms with Gasteiger partial charge in [-0.05, 0) is 32.9 Å². The van der Waals surface area contributed by atoms with Crippen LogP contribution in [0.15, 0.2) is 24.3 Å². The van der Waals surface area contributed by atoms with E-state index < -0.39 is 0 Å². The third kappa shape index (κ3) is 2.86. The van der Waals surface area contributed by atoms with Gasteiger partial charge in [-0.25, -0.2) is 0 Å². The van der Waals surface area contributed by atoms with Crippen molar-refractivity contribution in [1.82, 2.24) is 4.48 Å². The molecule has 15 heavy (non-hydrogen) atoms. The van der Waals surface area contributed by atoms with Crippen molar-refractivity contribution in [3.63, 3.8) is 0 Å². The predicted octanol–water partition coefficient (Wildman–Crippen LogP) is 3.06. The summed E-state index contributed by atoms with van der Waals surface area (Å²) in [6.07, 6.45) is 0. The van der Waals surface area contributed by atoms with Crippen molar-refractivity contribution in [2.45, 2.75) is 20.8 Å². The smallest absolute Gasteiger partial charge is 0.132 e. The summed E-state index contributed by atoms with van der Waals surface area (Å²) < 4.78 is 1.04. The van der Waals surface area contributed by atoms with E-state index >= 15 is 0 Å². The van der Waals surface area contributed by atoms with Gasteiger partial charge in [0.15, 0.2) is 0 Å². The molecule has 0 aliphatic rings. The summed E-state index contributed by atoms with van der Waals surface area (Å²) in [6.45, 7) is 10.1. The molecule has 0 unspecified atom stereocenters. The van der Waals surface area contributed by atoms with Gasteiger partial charge in [0.1, 0.15) is 5.69 Å². The minimum Gasteiger partial charge on any atom is -0.399 e. The van der Waals surface area contributed by atoms with Gasteiger partial charge in [0.05, 0.1) is 19.6 Å². The Kier molecular flexibility index (Phi) is 5.69. The van der Waals surface area contributed by atoms with Gasteiger partial charge in [0.25, 0.3) is 0 Å². The Morgan fingerprint density at radius 3 is 1.67 bits per heavy atom. The lowest BCUT2D eigenvalue weighted by Gasteiger charge is -2.35. The fourth-order valence-electron chi connectivity index (χ4n) is 2.01. The molecule has 1 aromatic rings. The van der Waals surface area contributed by atoms with Gasteiger partial charge >= 0.3 is 0 Å². The Morgan fingerprint density at radius 1 is 0.933 bits per heavy atom. The molecule has 0 heterocycles. The molecule has 2 N–H and O–H groups in total. The summed E-state index contributed by atoms with van der Waals surface area (Å²) in [5.74, 6) is 0. The topological polar surface area (TPSA) is 26.0 Å². The van der Waals surface area contributed by atoms with E-state index in [1.165, 1.54) is 5.69 Å². The van der Waals surface area contributed by atoms with E-state index in [0.717, 1.165) is 29.8 Å². The molecule has 0 fully saturated rings. The van der Waals surface area contributed by atoms with Crippen LogP contribution in [-0.4, -0.2) is 19.6 Å². The predicted molar refractivity (Wildman–Crippen MR) is 71.5 cm³/mol. The summed E-state index contributed by atoms with van der Waals surface area (Å²) in [4.78, 5) is 0. The van der Waals surface area contributed by atoms with Gasteiger partial charge in [0, 0.05) is 17.8 Å². The first kappa shape index (κ1) is 14.3. The molecule has 2 nitrogen and oxygen atoms in total. The van der Waals surface area contributed by atoms with Crippen molar-refractivity contribution in [2.24, 2.45) is 0 Å². The fourth-order valence-corrected chi connectivity index (χ4v) is 2.01. The average molecular weight is 230 g/mol. The van der Waals surface area contributed by atoms with Gasteiger partial charge in [-0.3, -0.25) is 4.48 Å². The van der Waals surface area contributed by atoms with Crippen LogP contribution >= 0.6 is 12.4 Å². The van der Waals surface area contributed by atoms with Crippen molar-refractivity contribution >= 4 is 23.8 Å². The monoisotopic (exact) mass is 229 g/mol. The zero-order chi connectivity index (χ0) is 10.6. The van der Waals surface area contributed by atoms with Gasteiger partial charge in [0.2, 0.25) is 0 Å². The first-order chi connectivity index (χ1) is 6.68. The van der Waals surface area contributed by atoms with E-state index in [1.807, 2.05) is 12.1 Å². The van der Waals surface area contributed by atoms with Crippen LogP contribution in [0.1, 0.15) is 20.8 Å². The molecule has 86 valence electrons. The molecule has 0 saturated carbocycles. The number of hydrogen-bond donors (Lipinski definition) is 1. The highest BCUT2D eigenvalue weighted by Crippen LogP contribution is 2.23. The number of nitrogen functional groups attached to an aromatic ring is 1. The Labute approximate surface area is 99.1 Å². The Balaban J connectivity index is 0.00000196. The second-order valence-corrected chi connectivity index (χ2v) is 3.69. The van der Waals surface area contributed by atoms with E-state index in [9.17, 15) is 0 Å². The summed E-state index contributed by atoms with van der Waals surface area (Å²) in [5, 5.41) is 0. The first-order valence-corrected chi connectivity index (χ1v) is 5.40. The van der Waals surface area contributed by atoms with Gasteiger partial charge in [-0.15, -0.1) is 12.4 Å². The molecular weight excluding hydrogens is 208 g/mol. The summed E-state index contributed by atoms with van der Waals surface area (Å²) in [5.41, 5.74) is 7.90. The van der Waals surface area contributed by atoms with E-state index in [2.05, 4.69) is 32.9 Å².